The number of carbonyl (C=O) groups excluding carboxylic acids is 2. The Morgan fingerprint density at radius 1 is 1.33 bits per heavy atom. The standard InChI is InChI=1S/C17H26N2O2/c1-7-17(5,6)19-15(21)14-10(2)13-11(18-14)8-16(3,4)9-12(13)20/h18H,7-9H2,1-6H3,(H,19,21). The normalized spacial score (nSPS) is 17.5. The minimum atomic E-state index is -0.252. The molecule has 2 rings (SSSR count). The summed E-state index contributed by atoms with van der Waals surface area (Å²) in [5, 5.41) is 3.03. The molecule has 21 heavy (non-hydrogen) atoms. The van der Waals surface area contributed by atoms with Gasteiger partial charge in [-0.25, -0.2) is 0 Å². The van der Waals surface area contributed by atoms with E-state index in [4.69, 9.17) is 0 Å². The van der Waals surface area contributed by atoms with Gasteiger partial charge < -0.3 is 10.3 Å². The zero-order chi connectivity index (χ0) is 16.0. The first-order valence-electron chi connectivity index (χ1n) is 7.63. The van der Waals surface area contributed by atoms with E-state index in [2.05, 4.69) is 24.1 Å². The average Bonchev–Trinajstić information content (AvgIpc) is 2.64. The summed E-state index contributed by atoms with van der Waals surface area (Å²) in [6.07, 6.45) is 2.20. The van der Waals surface area contributed by atoms with Gasteiger partial charge in [-0.05, 0) is 44.6 Å². The fourth-order valence-electron chi connectivity index (χ4n) is 2.92. The maximum absolute atomic E-state index is 12.5. The Labute approximate surface area is 126 Å². The van der Waals surface area contributed by atoms with Crippen molar-refractivity contribution >= 4 is 11.7 Å². The van der Waals surface area contributed by atoms with E-state index in [1.54, 1.807) is 0 Å². The third-order valence-electron chi connectivity index (χ3n) is 4.46. The van der Waals surface area contributed by atoms with Crippen molar-refractivity contribution in [2.75, 3.05) is 0 Å². The first kappa shape index (κ1) is 15.8. The summed E-state index contributed by atoms with van der Waals surface area (Å²) in [5.74, 6) is 0.0168. The number of carbonyl (C=O) groups is 2. The molecule has 0 saturated heterocycles. The Bertz CT molecular complexity index is 594. The van der Waals surface area contributed by atoms with Crippen molar-refractivity contribution in [3.05, 3.63) is 22.5 Å². The number of aromatic nitrogens is 1. The molecule has 2 N–H and O–H groups in total. The number of hydrogen-bond donors (Lipinski definition) is 2. The number of rotatable bonds is 3. The van der Waals surface area contributed by atoms with Crippen molar-refractivity contribution in [1.82, 2.24) is 10.3 Å². The summed E-state index contributed by atoms with van der Waals surface area (Å²) >= 11 is 0. The number of aromatic amines is 1. The highest BCUT2D eigenvalue weighted by atomic mass is 16.2. The highest BCUT2D eigenvalue weighted by Crippen LogP contribution is 2.36. The van der Waals surface area contributed by atoms with Crippen LogP contribution >= 0.6 is 0 Å². The van der Waals surface area contributed by atoms with Gasteiger partial charge in [-0.1, -0.05) is 20.8 Å². The van der Waals surface area contributed by atoms with Crippen LogP contribution in [0.1, 0.15) is 79.6 Å². The number of amides is 1. The van der Waals surface area contributed by atoms with Gasteiger partial charge in [-0.3, -0.25) is 9.59 Å². The van der Waals surface area contributed by atoms with E-state index < -0.39 is 0 Å². The molecule has 1 aromatic rings. The molecule has 0 radical (unpaired) electrons. The molecule has 1 amide bonds. The molecule has 116 valence electrons. The second-order valence-corrected chi connectivity index (χ2v) is 7.61. The lowest BCUT2D eigenvalue weighted by Crippen LogP contribution is -2.43. The Kier molecular flexibility index (Phi) is 3.77. The number of nitrogens with one attached hydrogen (secondary N) is 2. The molecule has 0 atom stereocenters. The van der Waals surface area contributed by atoms with Gasteiger partial charge in [0, 0.05) is 23.2 Å². The van der Waals surface area contributed by atoms with Crippen LogP contribution in [-0.2, 0) is 6.42 Å². The summed E-state index contributed by atoms with van der Waals surface area (Å²) < 4.78 is 0. The monoisotopic (exact) mass is 290 g/mol. The molecule has 4 nitrogen and oxygen atoms in total. The van der Waals surface area contributed by atoms with Gasteiger partial charge in [0.1, 0.15) is 5.69 Å². The highest BCUT2D eigenvalue weighted by molar-refractivity contribution is 6.04. The molecule has 4 heteroatoms. The molecular formula is C17H26N2O2. The van der Waals surface area contributed by atoms with Gasteiger partial charge in [-0.15, -0.1) is 0 Å². The van der Waals surface area contributed by atoms with Crippen LogP contribution in [0.4, 0.5) is 0 Å². The lowest BCUT2D eigenvalue weighted by Gasteiger charge is -2.28. The number of ketones is 1. The van der Waals surface area contributed by atoms with Crippen LogP contribution < -0.4 is 5.32 Å². The van der Waals surface area contributed by atoms with Crippen LogP contribution in [0.3, 0.4) is 0 Å². The van der Waals surface area contributed by atoms with Crippen LogP contribution in [0.2, 0.25) is 0 Å². The molecule has 0 spiro atoms. The molecule has 0 fully saturated rings. The summed E-state index contributed by atoms with van der Waals surface area (Å²) in [7, 11) is 0. The maximum Gasteiger partial charge on any atom is 0.268 e. The predicted octanol–water partition coefficient (Wildman–Crippen LogP) is 3.40. The first-order chi connectivity index (χ1) is 9.56. The highest BCUT2D eigenvalue weighted by Gasteiger charge is 2.35. The van der Waals surface area contributed by atoms with Crippen molar-refractivity contribution in [1.29, 1.82) is 0 Å². The largest absolute Gasteiger partial charge is 0.354 e. The van der Waals surface area contributed by atoms with E-state index in [9.17, 15) is 9.59 Å². The Morgan fingerprint density at radius 3 is 2.52 bits per heavy atom. The van der Waals surface area contributed by atoms with Gasteiger partial charge in [0.05, 0.1) is 0 Å². The molecule has 0 aliphatic heterocycles. The zero-order valence-corrected chi connectivity index (χ0v) is 13.9. The van der Waals surface area contributed by atoms with Crippen LogP contribution in [0.15, 0.2) is 0 Å². The fourth-order valence-corrected chi connectivity index (χ4v) is 2.92. The van der Waals surface area contributed by atoms with Gasteiger partial charge in [0.25, 0.3) is 5.91 Å². The van der Waals surface area contributed by atoms with Gasteiger partial charge in [0.15, 0.2) is 5.78 Å². The predicted molar refractivity (Wildman–Crippen MR) is 83.8 cm³/mol. The zero-order valence-electron chi connectivity index (χ0n) is 13.9. The Balaban J connectivity index is 2.37. The molecule has 0 unspecified atom stereocenters. The van der Waals surface area contributed by atoms with E-state index in [-0.39, 0.29) is 22.6 Å². The molecule has 1 heterocycles. The third-order valence-corrected chi connectivity index (χ3v) is 4.46. The van der Waals surface area contributed by atoms with E-state index in [1.165, 1.54) is 0 Å². The van der Waals surface area contributed by atoms with Crippen LogP contribution in [-0.4, -0.2) is 22.2 Å². The number of hydrogen-bond acceptors (Lipinski definition) is 2. The second kappa shape index (κ2) is 5.00. The lowest BCUT2D eigenvalue weighted by molar-refractivity contribution is 0.0900. The van der Waals surface area contributed by atoms with E-state index in [0.29, 0.717) is 12.1 Å². The molecule has 0 saturated carbocycles. The molecule has 1 aliphatic carbocycles. The van der Waals surface area contributed by atoms with Gasteiger partial charge in [-0.2, -0.15) is 0 Å². The summed E-state index contributed by atoms with van der Waals surface area (Å²) in [5.41, 5.74) is 2.67. The Hall–Kier alpha value is -1.58. The average molecular weight is 290 g/mol. The van der Waals surface area contributed by atoms with E-state index >= 15 is 0 Å². The molecule has 0 bridgehead atoms. The van der Waals surface area contributed by atoms with Gasteiger partial charge >= 0.3 is 0 Å². The molecule has 0 aromatic carbocycles. The quantitative estimate of drug-likeness (QED) is 0.896. The van der Waals surface area contributed by atoms with Crippen molar-refractivity contribution in [2.45, 2.75) is 66.3 Å². The number of H-pyrrole nitrogens is 1. The summed E-state index contributed by atoms with van der Waals surface area (Å²) in [4.78, 5) is 28.0. The second-order valence-electron chi connectivity index (χ2n) is 7.61. The molecular weight excluding hydrogens is 264 g/mol. The fraction of sp³-hybridized carbons (Fsp3) is 0.647. The minimum Gasteiger partial charge on any atom is -0.354 e. The first-order valence-corrected chi connectivity index (χ1v) is 7.63. The number of fused-ring (bicyclic) bond motifs is 1. The van der Waals surface area contributed by atoms with Crippen LogP contribution in [0, 0.1) is 12.3 Å². The summed E-state index contributed by atoms with van der Waals surface area (Å²) in [6.45, 7) is 12.1. The number of Topliss-reactive ketones (excluding diaryl/α,β-unsaturated/α-hetero) is 1. The third kappa shape index (κ3) is 3.04. The van der Waals surface area contributed by atoms with Crippen molar-refractivity contribution in [3.8, 4) is 0 Å². The molecule has 1 aromatic heterocycles. The smallest absolute Gasteiger partial charge is 0.268 e. The maximum atomic E-state index is 12.5. The van der Waals surface area contributed by atoms with Crippen molar-refractivity contribution in [2.24, 2.45) is 5.41 Å². The Morgan fingerprint density at radius 2 is 1.95 bits per heavy atom. The molecule has 1 aliphatic rings. The van der Waals surface area contributed by atoms with Crippen molar-refractivity contribution in [3.63, 3.8) is 0 Å². The van der Waals surface area contributed by atoms with E-state index in [1.807, 2.05) is 27.7 Å². The van der Waals surface area contributed by atoms with Crippen LogP contribution in [0.25, 0.3) is 0 Å². The lowest BCUT2D eigenvalue weighted by atomic mass is 9.75. The van der Waals surface area contributed by atoms with Gasteiger partial charge in [0.2, 0.25) is 0 Å². The summed E-state index contributed by atoms with van der Waals surface area (Å²) in [6, 6.07) is 0. The SMILES string of the molecule is CCC(C)(C)NC(=O)c1[nH]c2c(c1C)C(=O)CC(C)(C)C2. The topological polar surface area (TPSA) is 62.0 Å². The van der Waals surface area contributed by atoms with Crippen LogP contribution in [0.5, 0.6) is 0 Å². The minimum absolute atomic E-state index is 0.0438. The van der Waals surface area contributed by atoms with Crippen molar-refractivity contribution < 1.29 is 9.59 Å². The van der Waals surface area contributed by atoms with E-state index in [0.717, 1.165) is 29.7 Å².